The molecule has 1 N–H and O–H groups in total. The van der Waals surface area contributed by atoms with E-state index in [4.69, 9.17) is 0 Å². The van der Waals surface area contributed by atoms with Gasteiger partial charge in [-0.2, -0.15) is 5.10 Å². The molecule has 0 aliphatic carbocycles. The number of nitrogens with one attached hydrogen (secondary N) is 1. The zero-order valence-electron chi connectivity index (χ0n) is 14.1. The normalized spacial score (nSPS) is 10.6. The third-order valence-electron chi connectivity index (χ3n) is 3.67. The molecule has 1 aromatic rings. The summed E-state index contributed by atoms with van der Waals surface area (Å²) in [6, 6.07) is 0.441. The lowest BCUT2D eigenvalue weighted by Crippen LogP contribution is -2.27. The zero-order chi connectivity index (χ0) is 14.3. The second-order valence-corrected chi connectivity index (χ2v) is 5.35. The Morgan fingerprint density at radius 2 is 1.86 bits per heavy atom. The minimum Gasteiger partial charge on any atom is -0.312 e. The van der Waals surface area contributed by atoms with Crippen LogP contribution in [0.25, 0.3) is 0 Å². The van der Waals surface area contributed by atoms with Crippen LogP contribution in [0.2, 0.25) is 0 Å². The first kappa shape index (κ1) is 23.0. The van der Waals surface area contributed by atoms with E-state index >= 15 is 0 Å². The van der Waals surface area contributed by atoms with Gasteiger partial charge < -0.3 is 10.2 Å². The first-order valence-corrected chi connectivity index (χ1v) is 7.56. The van der Waals surface area contributed by atoms with Crippen LogP contribution in [0, 0.1) is 6.92 Å². The fourth-order valence-electron chi connectivity index (χ4n) is 2.34. The van der Waals surface area contributed by atoms with Crippen molar-refractivity contribution >= 4 is 24.8 Å². The predicted octanol–water partition coefficient (Wildman–Crippen LogP) is 3.44. The Balaban J connectivity index is 0. The standard InChI is InChI=1S/C15H30N4.2ClH/c1-6-18(7-2)10-8-9-16-11-15-12-17-19(13(3)4)14(15)5;;/h12-13,16H,6-11H2,1-5H3;2*1H. The minimum atomic E-state index is 0. The van der Waals surface area contributed by atoms with E-state index in [9.17, 15) is 0 Å². The topological polar surface area (TPSA) is 33.1 Å². The average molecular weight is 339 g/mol. The fraction of sp³-hybridized carbons (Fsp3) is 0.800. The number of hydrogen-bond donors (Lipinski definition) is 1. The lowest BCUT2D eigenvalue weighted by atomic mass is 10.2. The summed E-state index contributed by atoms with van der Waals surface area (Å²) in [6.07, 6.45) is 3.20. The van der Waals surface area contributed by atoms with Crippen LogP contribution >= 0.6 is 24.8 Å². The van der Waals surface area contributed by atoms with Crippen LogP contribution in [0.15, 0.2) is 6.20 Å². The van der Waals surface area contributed by atoms with E-state index in [1.807, 2.05) is 6.20 Å². The van der Waals surface area contributed by atoms with Crippen LogP contribution in [0.3, 0.4) is 0 Å². The van der Waals surface area contributed by atoms with Gasteiger partial charge in [-0.3, -0.25) is 4.68 Å². The Bertz CT molecular complexity index is 363. The number of nitrogens with zero attached hydrogens (tertiary/aromatic N) is 3. The molecule has 6 heteroatoms. The maximum Gasteiger partial charge on any atom is 0.0537 e. The summed E-state index contributed by atoms with van der Waals surface area (Å²) in [5.41, 5.74) is 2.60. The lowest BCUT2D eigenvalue weighted by molar-refractivity contribution is 0.298. The molecule has 0 saturated carbocycles. The van der Waals surface area contributed by atoms with Crippen LogP contribution in [0.4, 0.5) is 0 Å². The van der Waals surface area contributed by atoms with Gasteiger partial charge in [-0.05, 0) is 53.4 Å². The van der Waals surface area contributed by atoms with Crippen molar-refractivity contribution in [2.24, 2.45) is 0 Å². The molecule has 1 aromatic heterocycles. The van der Waals surface area contributed by atoms with Crippen LogP contribution in [0.1, 0.15) is 51.4 Å². The van der Waals surface area contributed by atoms with E-state index in [-0.39, 0.29) is 24.8 Å². The summed E-state index contributed by atoms with van der Waals surface area (Å²) in [5.74, 6) is 0. The number of aromatic nitrogens is 2. The van der Waals surface area contributed by atoms with E-state index in [2.05, 4.69) is 54.6 Å². The summed E-state index contributed by atoms with van der Waals surface area (Å²) in [7, 11) is 0. The van der Waals surface area contributed by atoms with Crippen LogP contribution in [0.5, 0.6) is 0 Å². The van der Waals surface area contributed by atoms with Gasteiger partial charge >= 0.3 is 0 Å². The zero-order valence-corrected chi connectivity index (χ0v) is 15.7. The quantitative estimate of drug-likeness (QED) is 0.700. The second-order valence-electron chi connectivity index (χ2n) is 5.35. The van der Waals surface area contributed by atoms with Crippen molar-refractivity contribution in [1.82, 2.24) is 20.0 Å². The van der Waals surface area contributed by atoms with Crippen molar-refractivity contribution in [3.05, 3.63) is 17.5 Å². The molecule has 21 heavy (non-hydrogen) atoms. The van der Waals surface area contributed by atoms with E-state index in [1.54, 1.807) is 0 Å². The molecule has 1 heterocycles. The molecular formula is C15H32Cl2N4. The lowest BCUT2D eigenvalue weighted by Gasteiger charge is -2.17. The Kier molecular flexibility index (Phi) is 13.4. The SMILES string of the molecule is CCN(CC)CCCNCc1cnn(C(C)C)c1C.Cl.Cl. The number of rotatable bonds is 9. The fourth-order valence-corrected chi connectivity index (χ4v) is 2.34. The third kappa shape index (κ3) is 7.50. The van der Waals surface area contributed by atoms with Gasteiger partial charge in [-0.15, -0.1) is 24.8 Å². The minimum absolute atomic E-state index is 0. The van der Waals surface area contributed by atoms with Crippen molar-refractivity contribution in [1.29, 1.82) is 0 Å². The molecule has 0 aliphatic heterocycles. The molecule has 0 aliphatic rings. The van der Waals surface area contributed by atoms with Gasteiger partial charge in [0.2, 0.25) is 0 Å². The Morgan fingerprint density at radius 1 is 1.24 bits per heavy atom. The summed E-state index contributed by atoms with van der Waals surface area (Å²) >= 11 is 0. The highest BCUT2D eigenvalue weighted by molar-refractivity contribution is 5.85. The van der Waals surface area contributed by atoms with Gasteiger partial charge in [0.25, 0.3) is 0 Å². The second kappa shape index (κ2) is 12.3. The summed E-state index contributed by atoms with van der Waals surface area (Å²) in [4.78, 5) is 2.46. The predicted molar refractivity (Wildman–Crippen MR) is 96.0 cm³/mol. The van der Waals surface area contributed by atoms with Gasteiger partial charge in [0.1, 0.15) is 0 Å². The Labute approximate surface area is 142 Å². The van der Waals surface area contributed by atoms with Crippen molar-refractivity contribution in [2.75, 3.05) is 26.2 Å². The molecule has 0 fully saturated rings. The van der Waals surface area contributed by atoms with Crippen molar-refractivity contribution in [3.8, 4) is 0 Å². The molecule has 0 spiro atoms. The third-order valence-corrected chi connectivity index (χ3v) is 3.67. The molecule has 0 radical (unpaired) electrons. The summed E-state index contributed by atoms with van der Waals surface area (Å²) < 4.78 is 2.09. The molecule has 0 bridgehead atoms. The molecule has 0 saturated heterocycles. The highest BCUT2D eigenvalue weighted by Gasteiger charge is 2.08. The molecule has 1 rings (SSSR count). The Morgan fingerprint density at radius 3 is 2.33 bits per heavy atom. The van der Waals surface area contributed by atoms with Crippen molar-refractivity contribution in [3.63, 3.8) is 0 Å². The van der Waals surface area contributed by atoms with Crippen molar-refractivity contribution < 1.29 is 0 Å². The smallest absolute Gasteiger partial charge is 0.0537 e. The molecular weight excluding hydrogens is 307 g/mol. The monoisotopic (exact) mass is 338 g/mol. The highest BCUT2D eigenvalue weighted by atomic mass is 35.5. The maximum absolute atomic E-state index is 4.44. The van der Waals surface area contributed by atoms with E-state index < -0.39 is 0 Å². The Hall–Kier alpha value is -0.290. The maximum atomic E-state index is 4.44. The number of hydrogen-bond acceptors (Lipinski definition) is 3. The van der Waals surface area contributed by atoms with E-state index in [0.717, 1.165) is 26.2 Å². The summed E-state index contributed by atoms with van der Waals surface area (Å²) in [5, 5.41) is 7.96. The van der Waals surface area contributed by atoms with E-state index in [0.29, 0.717) is 6.04 Å². The summed E-state index contributed by atoms with van der Waals surface area (Å²) in [6.45, 7) is 16.4. The molecule has 0 unspecified atom stereocenters. The molecule has 0 amide bonds. The van der Waals surface area contributed by atoms with Gasteiger partial charge in [0.05, 0.1) is 6.20 Å². The van der Waals surface area contributed by atoms with Gasteiger partial charge in [0.15, 0.2) is 0 Å². The van der Waals surface area contributed by atoms with Gasteiger partial charge in [0, 0.05) is 23.8 Å². The molecule has 0 atom stereocenters. The molecule has 0 aromatic carbocycles. The highest BCUT2D eigenvalue weighted by Crippen LogP contribution is 2.12. The van der Waals surface area contributed by atoms with Crippen LogP contribution in [-0.2, 0) is 6.54 Å². The first-order valence-electron chi connectivity index (χ1n) is 7.56. The van der Waals surface area contributed by atoms with Crippen molar-refractivity contribution in [2.45, 2.75) is 53.6 Å². The van der Waals surface area contributed by atoms with Crippen LogP contribution < -0.4 is 5.32 Å². The molecule has 126 valence electrons. The van der Waals surface area contributed by atoms with Gasteiger partial charge in [-0.1, -0.05) is 13.8 Å². The van der Waals surface area contributed by atoms with E-state index in [1.165, 1.54) is 24.2 Å². The van der Waals surface area contributed by atoms with Gasteiger partial charge in [-0.25, -0.2) is 0 Å². The largest absolute Gasteiger partial charge is 0.312 e. The average Bonchev–Trinajstić information content (AvgIpc) is 2.75. The molecule has 4 nitrogen and oxygen atoms in total. The first-order chi connectivity index (χ1) is 9.10. The number of halogens is 2. The van der Waals surface area contributed by atoms with Crippen LogP contribution in [-0.4, -0.2) is 40.9 Å².